The Kier molecular flexibility index (Phi) is 13.2. The number of carbonyl (C=O) groups is 1. The number of ketones is 1. The molecular weight excluding hydrogens is 668 g/mol. The van der Waals surface area contributed by atoms with E-state index in [-0.39, 0.29) is 40.1 Å². The molecule has 0 amide bonds. The summed E-state index contributed by atoms with van der Waals surface area (Å²) in [4.78, 5) is 14.7. The van der Waals surface area contributed by atoms with Gasteiger partial charge in [-0.3, -0.25) is 4.79 Å². The molecule has 1 N–H and O–H groups in total. The Labute approximate surface area is 315 Å². The maximum atomic E-state index is 12.3. The average molecular weight is 721 g/mol. The molecule has 1 aliphatic carbocycles. The number of unbranched alkanes of at least 4 members (excludes halogenated alkanes) is 3. The minimum Gasteiger partial charge on any atom is -0.480 e. The molecule has 7 nitrogen and oxygen atoms in total. The minimum atomic E-state index is -0.910. The maximum absolute atomic E-state index is 12.3. The summed E-state index contributed by atoms with van der Waals surface area (Å²) in [6.07, 6.45) is 15.2. The van der Waals surface area contributed by atoms with Gasteiger partial charge in [-0.1, -0.05) is 89.1 Å². The quantitative estimate of drug-likeness (QED) is 0.159. The third kappa shape index (κ3) is 8.98. The number of rotatable bonds is 13. The Morgan fingerprint density at radius 2 is 1.65 bits per heavy atom. The van der Waals surface area contributed by atoms with Crippen LogP contribution in [0.25, 0.3) is 0 Å². The molecule has 274 valence electrons. The second-order valence-corrected chi connectivity index (χ2v) is 16.5. The summed E-state index contributed by atoms with van der Waals surface area (Å²) in [5, 5.41) is 38.7. The van der Waals surface area contributed by atoms with Crippen molar-refractivity contribution >= 4 is 23.1 Å². The summed E-state index contributed by atoms with van der Waals surface area (Å²) in [6, 6.07) is 14.5. The molecule has 0 fully saturated rings. The van der Waals surface area contributed by atoms with Crippen molar-refractivity contribution in [3.63, 3.8) is 0 Å². The zero-order valence-electron chi connectivity index (χ0n) is 31.9. The molecular formula is C44H53ClN4O3. The first-order valence-corrected chi connectivity index (χ1v) is 18.8. The van der Waals surface area contributed by atoms with Gasteiger partial charge in [-0.15, -0.1) is 0 Å². The highest BCUT2D eigenvalue weighted by molar-refractivity contribution is 6.32. The van der Waals surface area contributed by atoms with Crippen molar-refractivity contribution in [1.29, 1.82) is 15.8 Å². The number of ether oxygens (including phenoxy) is 1. The van der Waals surface area contributed by atoms with Gasteiger partial charge in [0.2, 0.25) is 0 Å². The topological polar surface area (TPSA) is 121 Å². The van der Waals surface area contributed by atoms with Gasteiger partial charge >= 0.3 is 0 Å². The van der Waals surface area contributed by atoms with Crippen molar-refractivity contribution in [2.24, 2.45) is 11.3 Å². The van der Waals surface area contributed by atoms with Crippen LogP contribution in [0.2, 0.25) is 0 Å². The molecule has 4 rings (SSSR count). The van der Waals surface area contributed by atoms with Crippen molar-refractivity contribution in [2.75, 3.05) is 18.1 Å². The van der Waals surface area contributed by atoms with Crippen LogP contribution in [0.4, 0.5) is 5.69 Å². The first kappa shape index (κ1) is 40.4. The van der Waals surface area contributed by atoms with Gasteiger partial charge in [0.25, 0.3) is 0 Å². The number of aliphatic hydroxyl groups excluding tert-OH is 1. The zero-order valence-corrected chi connectivity index (χ0v) is 32.7. The van der Waals surface area contributed by atoms with E-state index in [1.807, 2.05) is 38.1 Å². The Morgan fingerprint density at radius 3 is 2.29 bits per heavy atom. The lowest BCUT2D eigenvalue weighted by atomic mass is 9.70. The van der Waals surface area contributed by atoms with Crippen molar-refractivity contribution in [3.05, 3.63) is 98.5 Å². The number of aliphatic hydroxyl groups is 1. The molecule has 52 heavy (non-hydrogen) atoms. The molecule has 0 saturated carbocycles. The Hall–Kier alpha value is -4.35. The third-order valence-corrected chi connectivity index (χ3v) is 11.2. The molecule has 3 aliphatic rings. The first-order valence-electron chi connectivity index (χ1n) is 18.5. The number of halogens is 1. The third-order valence-electron chi connectivity index (χ3n) is 10.7. The zero-order chi connectivity index (χ0) is 38.3. The highest BCUT2D eigenvalue weighted by Crippen LogP contribution is 2.49. The van der Waals surface area contributed by atoms with E-state index in [0.29, 0.717) is 35.8 Å². The first-order chi connectivity index (χ1) is 24.6. The van der Waals surface area contributed by atoms with E-state index in [2.05, 4.69) is 82.0 Å². The molecule has 0 radical (unpaired) electrons. The van der Waals surface area contributed by atoms with Crippen LogP contribution in [0.1, 0.15) is 112 Å². The van der Waals surface area contributed by atoms with Gasteiger partial charge in [0.15, 0.2) is 11.3 Å². The number of hydrogen-bond donors (Lipinski definition) is 1. The number of allylic oxidation sites excluding steroid dienone is 9. The van der Waals surface area contributed by atoms with Crippen molar-refractivity contribution in [1.82, 2.24) is 0 Å². The lowest BCUT2D eigenvalue weighted by molar-refractivity contribution is -0.119. The number of Topliss-reactive ketones (excluding diaryl/α,β-unsaturated/α-hetero) is 1. The Bertz CT molecular complexity index is 1840. The van der Waals surface area contributed by atoms with Crippen LogP contribution >= 0.6 is 11.6 Å². The second-order valence-electron chi connectivity index (χ2n) is 16.2. The van der Waals surface area contributed by atoms with Crippen molar-refractivity contribution < 1.29 is 14.6 Å². The normalized spacial score (nSPS) is 21.0. The van der Waals surface area contributed by atoms with Crippen LogP contribution in [-0.4, -0.2) is 29.6 Å². The van der Waals surface area contributed by atoms with Gasteiger partial charge in [0.05, 0.1) is 0 Å². The van der Waals surface area contributed by atoms with Gasteiger partial charge < -0.3 is 14.7 Å². The highest BCUT2D eigenvalue weighted by atomic mass is 35.5. The van der Waals surface area contributed by atoms with Gasteiger partial charge in [-0.05, 0) is 92.6 Å². The summed E-state index contributed by atoms with van der Waals surface area (Å²) in [6.45, 7) is 15.9. The molecule has 8 heteroatoms. The molecule has 1 atom stereocenters. The summed E-state index contributed by atoms with van der Waals surface area (Å²) < 4.78 is 5.99. The molecule has 2 heterocycles. The largest absolute Gasteiger partial charge is 0.480 e. The van der Waals surface area contributed by atoms with Gasteiger partial charge in [0.1, 0.15) is 35.2 Å². The van der Waals surface area contributed by atoms with E-state index in [1.54, 1.807) is 0 Å². The van der Waals surface area contributed by atoms with Gasteiger partial charge in [0, 0.05) is 53.4 Å². The fourth-order valence-electron chi connectivity index (χ4n) is 7.44. The molecule has 0 spiro atoms. The second kappa shape index (κ2) is 17.0. The SMILES string of the molecule is CC1(C)OC(=C(C#N)C#N)C(C#N)=C1/C=C/C1=C(Cl)C(=C/C=C2/N(CCCCCC(=O)CCCCO)c3ccccc3C2(C)C)/CC(C(C)(C)C)C1. The van der Waals surface area contributed by atoms with Crippen LogP contribution in [0, 0.1) is 45.3 Å². The average Bonchev–Trinajstić information content (AvgIpc) is 3.47. The van der Waals surface area contributed by atoms with E-state index in [0.717, 1.165) is 56.2 Å². The van der Waals surface area contributed by atoms with Crippen LogP contribution in [0.3, 0.4) is 0 Å². The number of benzene rings is 1. The predicted octanol–water partition coefficient (Wildman–Crippen LogP) is 10.3. The number of nitriles is 3. The lowest BCUT2D eigenvalue weighted by Crippen LogP contribution is -2.27. The predicted molar refractivity (Wildman–Crippen MR) is 208 cm³/mol. The number of nitrogens with zero attached hydrogens (tertiary/aromatic N) is 4. The number of para-hydroxylation sites is 1. The van der Waals surface area contributed by atoms with Crippen LogP contribution < -0.4 is 4.90 Å². The monoisotopic (exact) mass is 720 g/mol. The van der Waals surface area contributed by atoms with Gasteiger partial charge in [-0.2, -0.15) is 15.8 Å². The van der Waals surface area contributed by atoms with Crippen LogP contribution in [-0.2, 0) is 14.9 Å². The molecule has 1 aromatic carbocycles. The Balaban J connectivity index is 1.68. The minimum absolute atomic E-state index is 0.00918. The van der Waals surface area contributed by atoms with Crippen LogP contribution in [0.15, 0.2) is 92.9 Å². The van der Waals surface area contributed by atoms with Crippen molar-refractivity contribution in [3.8, 4) is 18.2 Å². The summed E-state index contributed by atoms with van der Waals surface area (Å²) in [5.41, 5.74) is 5.17. The molecule has 0 bridgehead atoms. The van der Waals surface area contributed by atoms with E-state index in [1.165, 1.54) is 16.9 Å². The Morgan fingerprint density at radius 1 is 0.981 bits per heavy atom. The summed E-state index contributed by atoms with van der Waals surface area (Å²) in [7, 11) is 0. The molecule has 1 aromatic rings. The van der Waals surface area contributed by atoms with Crippen molar-refractivity contribution in [2.45, 2.75) is 117 Å². The smallest absolute Gasteiger partial charge is 0.172 e. The van der Waals surface area contributed by atoms with E-state index >= 15 is 0 Å². The van der Waals surface area contributed by atoms with Crippen LogP contribution in [0.5, 0.6) is 0 Å². The van der Waals surface area contributed by atoms with Gasteiger partial charge in [-0.25, -0.2) is 0 Å². The summed E-state index contributed by atoms with van der Waals surface area (Å²) >= 11 is 7.25. The van der Waals surface area contributed by atoms with E-state index < -0.39 is 5.60 Å². The molecule has 0 saturated heterocycles. The highest BCUT2D eigenvalue weighted by Gasteiger charge is 2.41. The number of fused-ring (bicyclic) bond motifs is 1. The standard InChI is InChI=1S/C44H53ClN4O3/c1-42(2,3)33-25-30(19-21-36-35(29-48)41(32(27-46)28-47)52-44(36,6)7)40(45)31(26-33)20-22-39-43(4,5)37-17-10-11-18-38(37)49(39)23-13-8-9-15-34(51)16-12-14-24-50/h10-11,17-22,33,50H,8-9,12-16,23-26H2,1-7H3/b21-19+,31-20+,39-22+. The van der Waals surface area contributed by atoms with E-state index in [4.69, 9.17) is 21.4 Å². The number of anilines is 1. The lowest BCUT2D eigenvalue weighted by Gasteiger charge is -2.36. The molecule has 1 unspecified atom stereocenters. The van der Waals surface area contributed by atoms with E-state index in [9.17, 15) is 20.6 Å². The fraction of sp³-hybridized carbons (Fsp3) is 0.500. The number of carbonyl (C=O) groups excluding carboxylic acids is 1. The molecule has 2 aliphatic heterocycles. The molecule has 0 aromatic heterocycles. The maximum Gasteiger partial charge on any atom is 0.172 e. The number of hydrogen-bond acceptors (Lipinski definition) is 7. The fourth-order valence-corrected chi connectivity index (χ4v) is 7.72. The summed E-state index contributed by atoms with van der Waals surface area (Å²) in [5.74, 6) is 0.616.